The summed E-state index contributed by atoms with van der Waals surface area (Å²) in [7, 11) is 0. The van der Waals surface area contributed by atoms with Crippen molar-refractivity contribution >= 4 is 11.8 Å². The SMILES string of the molecule is CCNCc1ccc(Sc2ccccc2C)cc1C. The maximum Gasteiger partial charge on any atom is 0.0208 e. The number of benzene rings is 2. The summed E-state index contributed by atoms with van der Waals surface area (Å²) in [5.41, 5.74) is 4.08. The number of aryl methyl sites for hydroxylation is 2. The molecule has 0 radical (unpaired) electrons. The van der Waals surface area contributed by atoms with E-state index in [2.05, 4.69) is 68.6 Å². The third-order valence-corrected chi connectivity index (χ3v) is 4.37. The van der Waals surface area contributed by atoms with Gasteiger partial charge in [-0.15, -0.1) is 0 Å². The van der Waals surface area contributed by atoms with Crippen LogP contribution in [0.15, 0.2) is 52.3 Å². The second-order valence-electron chi connectivity index (χ2n) is 4.74. The van der Waals surface area contributed by atoms with Gasteiger partial charge in [0.1, 0.15) is 0 Å². The van der Waals surface area contributed by atoms with Crippen LogP contribution in [0.25, 0.3) is 0 Å². The summed E-state index contributed by atoms with van der Waals surface area (Å²) in [6.07, 6.45) is 0. The maximum absolute atomic E-state index is 3.38. The molecular formula is C17H21NS. The summed E-state index contributed by atoms with van der Waals surface area (Å²) < 4.78 is 0. The first-order valence-electron chi connectivity index (χ1n) is 6.74. The molecule has 0 amide bonds. The summed E-state index contributed by atoms with van der Waals surface area (Å²) in [5, 5.41) is 3.38. The van der Waals surface area contributed by atoms with Gasteiger partial charge in [0.15, 0.2) is 0 Å². The third-order valence-electron chi connectivity index (χ3n) is 3.20. The molecule has 0 fully saturated rings. The Morgan fingerprint density at radius 2 is 1.79 bits per heavy atom. The first kappa shape index (κ1) is 14.2. The molecule has 0 aliphatic heterocycles. The Morgan fingerprint density at radius 1 is 1.00 bits per heavy atom. The molecule has 0 aliphatic carbocycles. The van der Waals surface area contributed by atoms with Crippen LogP contribution >= 0.6 is 11.8 Å². The molecule has 0 bridgehead atoms. The molecule has 2 aromatic carbocycles. The van der Waals surface area contributed by atoms with E-state index in [1.165, 1.54) is 26.5 Å². The predicted molar refractivity (Wildman–Crippen MR) is 83.9 cm³/mol. The van der Waals surface area contributed by atoms with E-state index in [9.17, 15) is 0 Å². The molecule has 0 unspecified atom stereocenters. The molecule has 2 aromatic rings. The van der Waals surface area contributed by atoms with E-state index in [1.807, 2.05) is 11.8 Å². The monoisotopic (exact) mass is 271 g/mol. The van der Waals surface area contributed by atoms with Gasteiger partial charge < -0.3 is 5.32 Å². The maximum atomic E-state index is 3.38. The first-order chi connectivity index (χ1) is 9.20. The second kappa shape index (κ2) is 6.78. The van der Waals surface area contributed by atoms with Crippen molar-refractivity contribution in [1.29, 1.82) is 0 Å². The van der Waals surface area contributed by atoms with Crippen molar-refractivity contribution in [3.05, 3.63) is 59.2 Å². The van der Waals surface area contributed by atoms with Gasteiger partial charge in [-0.1, -0.05) is 43.0 Å². The van der Waals surface area contributed by atoms with Gasteiger partial charge >= 0.3 is 0 Å². The lowest BCUT2D eigenvalue weighted by atomic mass is 10.1. The van der Waals surface area contributed by atoms with Crippen molar-refractivity contribution in [2.24, 2.45) is 0 Å². The quantitative estimate of drug-likeness (QED) is 0.855. The molecule has 0 aromatic heterocycles. The predicted octanol–water partition coefficient (Wildman–Crippen LogP) is 4.56. The molecule has 0 saturated heterocycles. The first-order valence-corrected chi connectivity index (χ1v) is 7.56. The Hall–Kier alpha value is -1.25. The van der Waals surface area contributed by atoms with Crippen molar-refractivity contribution in [3.8, 4) is 0 Å². The van der Waals surface area contributed by atoms with Gasteiger partial charge in [0, 0.05) is 16.3 Å². The standard InChI is InChI=1S/C17H21NS/c1-4-18-12-15-9-10-16(11-14(15)3)19-17-8-6-5-7-13(17)2/h5-11,18H,4,12H2,1-3H3. The zero-order valence-corrected chi connectivity index (χ0v) is 12.7. The van der Waals surface area contributed by atoms with E-state index in [-0.39, 0.29) is 0 Å². The molecule has 1 nitrogen and oxygen atoms in total. The highest BCUT2D eigenvalue weighted by Gasteiger charge is 2.03. The lowest BCUT2D eigenvalue weighted by Crippen LogP contribution is -2.12. The van der Waals surface area contributed by atoms with E-state index in [4.69, 9.17) is 0 Å². The molecule has 0 saturated carbocycles. The topological polar surface area (TPSA) is 12.0 Å². The van der Waals surface area contributed by atoms with Crippen molar-refractivity contribution in [2.45, 2.75) is 37.1 Å². The molecule has 0 spiro atoms. The highest BCUT2D eigenvalue weighted by atomic mass is 32.2. The van der Waals surface area contributed by atoms with Crippen molar-refractivity contribution in [1.82, 2.24) is 5.32 Å². The van der Waals surface area contributed by atoms with Gasteiger partial charge in [-0.2, -0.15) is 0 Å². The molecule has 19 heavy (non-hydrogen) atoms. The Morgan fingerprint density at radius 3 is 2.47 bits per heavy atom. The van der Waals surface area contributed by atoms with Crippen molar-refractivity contribution in [3.63, 3.8) is 0 Å². The number of nitrogens with one attached hydrogen (secondary N) is 1. The average molecular weight is 271 g/mol. The van der Waals surface area contributed by atoms with Gasteiger partial charge in [-0.05, 0) is 55.3 Å². The Kier molecular flexibility index (Phi) is 5.06. The van der Waals surface area contributed by atoms with Crippen LogP contribution in [0, 0.1) is 13.8 Å². The van der Waals surface area contributed by atoms with Crippen LogP contribution in [-0.2, 0) is 6.54 Å². The normalized spacial score (nSPS) is 10.7. The van der Waals surface area contributed by atoms with Crippen LogP contribution in [0.4, 0.5) is 0 Å². The summed E-state index contributed by atoms with van der Waals surface area (Å²) in [6.45, 7) is 8.46. The van der Waals surface area contributed by atoms with Crippen LogP contribution in [0.3, 0.4) is 0 Å². The van der Waals surface area contributed by atoms with E-state index >= 15 is 0 Å². The highest BCUT2D eigenvalue weighted by molar-refractivity contribution is 7.99. The summed E-state index contributed by atoms with van der Waals surface area (Å²) >= 11 is 1.84. The Balaban J connectivity index is 2.14. The van der Waals surface area contributed by atoms with E-state index in [0.717, 1.165) is 13.1 Å². The van der Waals surface area contributed by atoms with Gasteiger partial charge in [-0.25, -0.2) is 0 Å². The van der Waals surface area contributed by atoms with E-state index < -0.39 is 0 Å². The number of hydrogen-bond donors (Lipinski definition) is 1. The lowest BCUT2D eigenvalue weighted by Gasteiger charge is -2.10. The van der Waals surface area contributed by atoms with Gasteiger partial charge in [-0.3, -0.25) is 0 Å². The molecule has 2 rings (SSSR count). The zero-order valence-electron chi connectivity index (χ0n) is 11.9. The smallest absolute Gasteiger partial charge is 0.0208 e. The van der Waals surface area contributed by atoms with Gasteiger partial charge in [0.25, 0.3) is 0 Å². The second-order valence-corrected chi connectivity index (χ2v) is 5.85. The fraction of sp³-hybridized carbons (Fsp3) is 0.294. The summed E-state index contributed by atoms with van der Waals surface area (Å²) in [5.74, 6) is 0. The Labute approximate surface area is 120 Å². The van der Waals surface area contributed by atoms with Crippen LogP contribution < -0.4 is 5.32 Å². The molecular weight excluding hydrogens is 250 g/mol. The Bertz CT molecular complexity index is 549. The van der Waals surface area contributed by atoms with E-state index in [1.54, 1.807) is 0 Å². The van der Waals surface area contributed by atoms with E-state index in [0.29, 0.717) is 0 Å². The van der Waals surface area contributed by atoms with Crippen LogP contribution in [-0.4, -0.2) is 6.54 Å². The van der Waals surface area contributed by atoms with Crippen molar-refractivity contribution in [2.75, 3.05) is 6.54 Å². The molecule has 0 atom stereocenters. The largest absolute Gasteiger partial charge is 0.313 e. The highest BCUT2D eigenvalue weighted by Crippen LogP contribution is 2.31. The third kappa shape index (κ3) is 3.85. The minimum atomic E-state index is 0.956. The zero-order chi connectivity index (χ0) is 13.7. The average Bonchev–Trinajstić information content (AvgIpc) is 2.40. The lowest BCUT2D eigenvalue weighted by molar-refractivity contribution is 0.723. The summed E-state index contributed by atoms with van der Waals surface area (Å²) in [4.78, 5) is 2.65. The molecule has 100 valence electrons. The molecule has 1 N–H and O–H groups in total. The minimum Gasteiger partial charge on any atom is -0.313 e. The fourth-order valence-corrected chi connectivity index (χ4v) is 2.99. The molecule has 0 heterocycles. The summed E-state index contributed by atoms with van der Waals surface area (Å²) in [6, 6.07) is 15.3. The molecule has 0 aliphatic rings. The van der Waals surface area contributed by atoms with Crippen molar-refractivity contribution < 1.29 is 0 Å². The molecule has 2 heteroatoms. The van der Waals surface area contributed by atoms with Gasteiger partial charge in [0.2, 0.25) is 0 Å². The van der Waals surface area contributed by atoms with Gasteiger partial charge in [0.05, 0.1) is 0 Å². The van der Waals surface area contributed by atoms with Crippen LogP contribution in [0.2, 0.25) is 0 Å². The fourth-order valence-electron chi connectivity index (χ4n) is 1.99. The van der Waals surface area contributed by atoms with Crippen LogP contribution in [0.1, 0.15) is 23.6 Å². The number of rotatable bonds is 5. The minimum absolute atomic E-state index is 0.956. The number of hydrogen-bond acceptors (Lipinski definition) is 2. The van der Waals surface area contributed by atoms with Crippen LogP contribution in [0.5, 0.6) is 0 Å².